The van der Waals surface area contributed by atoms with E-state index in [4.69, 9.17) is 0 Å². The molecule has 27 heavy (non-hydrogen) atoms. The van der Waals surface area contributed by atoms with E-state index in [2.05, 4.69) is 19.8 Å². The maximum Gasteiger partial charge on any atom is 0.343 e. The second-order valence-electron chi connectivity index (χ2n) is 6.71. The molecule has 0 atom stereocenters. The molecule has 1 aliphatic heterocycles. The van der Waals surface area contributed by atoms with Crippen molar-refractivity contribution in [2.45, 2.75) is 32.2 Å². The van der Waals surface area contributed by atoms with Crippen molar-refractivity contribution in [3.63, 3.8) is 0 Å². The topological polar surface area (TPSA) is 96.8 Å². The molecule has 1 N–H and O–H groups in total. The first kappa shape index (κ1) is 17.6. The third-order valence-corrected chi connectivity index (χ3v) is 5.78. The summed E-state index contributed by atoms with van der Waals surface area (Å²) in [6.07, 6.45) is 1.55. The summed E-state index contributed by atoms with van der Waals surface area (Å²) in [6, 6.07) is 9.86. The lowest BCUT2D eigenvalue weighted by Gasteiger charge is -2.31. The highest BCUT2D eigenvalue weighted by Gasteiger charge is 2.29. The summed E-state index contributed by atoms with van der Waals surface area (Å²) in [5.74, 6) is 0.911. The van der Waals surface area contributed by atoms with Gasteiger partial charge < -0.3 is 4.90 Å². The molecule has 0 aliphatic carbocycles. The molecule has 0 bridgehead atoms. The first-order chi connectivity index (χ1) is 13.1. The molecule has 1 aromatic carbocycles. The number of amides is 1. The van der Waals surface area contributed by atoms with E-state index in [9.17, 15) is 9.59 Å². The Kier molecular flexibility index (Phi) is 4.85. The number of carbonyl (C=O) groups is 1. The molecular weight excluding hydrogens is 364 g/mol. The Morgan fingerprint density at radius 3 is 2.67 bits per heavy atom. The number of nitrogens with one attached hydrogen (secondary N) is 1. The van der Waals surface area contributed by atoms with Crippen molar-refractivity contribution in [3.8, 4) is 0 Å². The molecular formula is C18H20N6O2S. The van der Waals surface area contributed by atoms with Gasteiger partial charge in [-0.25, -0.2) is 9.89 Å². The SMILES string of the molecule is Cc1nnsc1C(=O)N1CCC(c2n[nH]c(=O)n2Cc2ccccc2)CC1. The van der Waals surface area contributed by atoms with Crippen LogP contribution in [0.1, 0.15) is 45.5 Å². The summed E-state index contributed by atoms with van der Waals surface area (Å²) in [5.41, 5.74) is 1.54. The van der Waals surface area contributed by atoms with Crippen molar-refractivity contribution in [3.05, 3.63) is 62.8 Å². The molecule has 1 saturated heterocycles. The first-order valence-corrected chi connectivity index (χ1v) is 9.68. The fourth-order valence-electron chi connectivity index (χ4n) is 3.47. The molecule has 0 saturated carbocycles. The van der Waals surface area contributed by atoms with Gasteiger partial charge in [0, 0.05) is 19.0 Å². The zero-order valence-corrected chi connectivity index (χ0v) is 15.8. The van der Waals surface area contributed by atoms with E-state index >= 15 is 0 Å². The molecule has 0 radical (unpaired) electrons. The Morgan fingerprint density at radius 2 is 2.00 bits per heavy atom. The first-order valence-electron chi connectivity index (χ1n) is 8.90. The second-order valence-corrected chi connectivity index (χ2v) is 7.47. The normalized spacial score (nSPS) is 15.2. The Labute approximate surface area is 160 Å². The second kappa shape index (κ2) is 7.43. The maximum atomic E-state index is 12.6. The van der Waals surface area contributed by atoms with Crippen LogP contribution in [-0.4, -0.2) is 48.2 Å². The lowest BCUT2D eigenvalue weighted by Crippen LogP contribution is -2.38. The summed E-state index contributed by atoms with van der Waals surface area (Å²) >= 11 is 1.14. The number of hydrogen-bond acceptors (Lipinski definition) is 6. The Balaban J connectivity index is 1.47. The number of rotatable bonds is 4. The summed E-state index contributed by atoms with van der Waals surface area (Å²) in [6.45, 7) is 3.56. The van der Waals surface area contributed by atoms with E-state index in [1.165, 1.54) is 0 Å². The highest BCUT2D eigenvalue weighted by atomic mass is 32.1. The summed E-state index contributed by atoms with van der Waals surface area (Å²) in [7, 11) is 0. The van der Waals surface area contributed by atoms with Crippen LogP contribution in [0.3, 0.4) is 0 Å². The predicted molar refractivity (Wildman–Crippen MR) is 101 cm³/mol. The largest absolute Gasteiger partial charge is 0.343 e. The Morgan fingerprint density at radius 1 is 1.26 bits per heavy atom. The van der Waals surface area contributed by atoms with Crippen LogP contribution >= 0.6 is 11.5 Å². The fraction of sp³-hybridized carbons (Fsp3) is 0.389. The van der Waals surface area contributed by atoms with Crippen LogP contribution in [0, 0.1) is 6.92 Å². The van der Waals surface area contributed by atoms with E-state index in [0.717, 1.165) is 35.8 Å². The van der Waals surface area contributed by atoms with Crippen molar-refractivity contribution >= 4 is 17.4 Å². The summed E-state index contributed by atoms with van der Waals surface area (Å²) in [5, 5.41) is 10.8. The van der Waals surface area contributed by atoms with Crippen molar-refractivity contribution in [2.24, 2.45) is 0 Å². The van der Waals surface area contributed by atoms with Gasteiger partial charge in [0.15, 0.2) is 0 Å². The van der Waals surface area contributed by atoms with Crippen LogP contribution in [0.15, 0.2) is 35.1 Å². The standard InChI is InChI=1S/C18H20N6O2S/c1-12-15(27-22-19-12)17(25)23-9-7-14(8-10-23)16-20-21-18(26)24(16)11-13-5-3-2-4-6-13/h2-6,14H,7-11H2,1H3,(H,21,26). The molecule has 140 valence electrons. The minimum Gasteiger partial charge on any atom is -0.338 e. The van der Waals surface area contributed by atoms with Crippen LogP contribution in [0.2, 0.25) is 0 Å². The molecule has 0 unspecified atom stereocenters. The molecule has 0 spiro atoms. The van der Waals surface area contributed by atoms with Gasteiger partial charge in [-0.2, -0.15) is 5.10 Å². The maximum absolute atomic E-state index is 12.6. The molecule has 3 heterocycles. The van der Waals surface area contributed by atoms with Gasteiger partial charge >= 0.3 is 5.69 Å². The number of H-pyrrole nitrogens is 1. The summed E-state index contributed by atoms with van der Waals surface area (Å²) in [4.78, 5) is 27.3. The number of aryl methyl sites for hydroxylation is 1. The van der Waals surface area contributed by atoms with Gasteiger partial charge in [-0.1, -0.05) is 34.8 Å². The monoisotopic (exact) mass is 384 g/mol. The minimum absolute atomic E-state index is 0.00958. The van der Waals surface area contributed by atoms with Gasteiger partial charge in [0.2, 0.25) is 0 Å². The van der Waals surface area contributed by atoms with Crippen LogP contribution in [-0.2, 0) is 6.54 Å². The van der Waals surface area contributed by atoms with E-state index in [1.807, 2.05) is 35.2 Å². The molecule has 1 fully saturated rings. The number of carbonyl (C=O) groups excluding carboxylic acids is 1. The number of likely N-dealkylation sites (tertiary alicyclic amines) is 1. The molecule has 3 aromatic rings. The molecule has 4 rings (SSSR count). The van der Waals surface area contributed by atoms with Crippen LogP contribution in [0.25, 0.3) is 0 Å². The van der Waals surface area contributed by atoms with Crippen molar-refractivity contribution < 1.29 is 4.79 Å². The zero-order valence-electron chi connectivity index (χ0n) is 15.0. The van der Waals surface area contributed by atoms with E-state index in [1.54, 1.807) is 11.5 Å². The number of nitrogens with zero attached hydrogens (tertiary/aromatic N) is 5. The lowest BCUT2D eigenvalue weighted by molar-refractivity contribution is 0.0714. The molecule has 9 heteroatoms. The molecule has 8 nitrogen and oxygen atoms in total. The number of piperidine rings is 1. The molecule has 1 aliphatic rings. The van der Waals surface area contributed by atoms with Crippen LogP contribution < -0.4 is 5.69 Å². The average molecular weight is 384 g/mol. The number of benzene rings is 1. The number of aromatic nitrogens is 5. The minimum atomic E-state index is -0.196. The van der Waals surface area contributed by atoms with E-state index < -0.39 is 0 Å². The fourth-order valence-corrected chi connectivity index (χ4v) is 4.10. The molecule has 1 amide bonds. The van der Waals surface area contributed by atoms with Crippen LogP contribution in [0.4, 0.5) is 0 Å². The number of aromatic amines is 1. The third-order valence-electron chi connectivity index (χ3n) is 4.96. The van der Waals surface area contributed by atoms with Gasteiger partial charge in [-0.05, 0) is 36.9 Å². The van der Waals surface area contributed by atoms with Gasteiger partial charge in [-0.3, -0.25) is 9.36 Å². The Hall–Kier alpha value is -2.81. The van der Waals surface area contributed by atoms with Crippen LogP contribution in [0.5, 0.6) is 0 Å². The smallest absolute Gasteiger partial charge is 0.338 e. The molecule has 2 aromatic heterocycles. The van der Waals surface area contributed by atoms with Crippen molar-refractivity contribution in [2.75, 3.05) is 13.1 Å². The van der Waals surface area contributed by atoms with Gasteiger partial charge in [0.05, 0.1) is 12.2 Å². The highest BCUT2D eigenvalue weighted by Crippen LogP contribution is 2.27. The highest BCUT2D eigenvalue weighted by molar-refractivity contribution is 7.07. The van der Waals surface area contributed by atoms with E-state index in [-0.39, 0.29) is 17.5 Å². The summed E-state index contributed by atoms with van der Waals surface area (Å²) < 4.78 is 5.55. The quantitative estimate of drug-likeness (QED) is 0.740. The number of hydrogen-bond donors (Lipinski definition) is 1. The van der Waals surface area contributed by atoms with Gasteiger partial charge in [0.1, 0.15) is 10.7 Å². The van der Waals surface area contributed by atoms with Gasteiger partial charge in [0.25, 0.3) is 5.91 Å². The third kappa shape index (κ3) is 3.55. The van der Waals surface area contributed by atoms with E-state index in [0.29, 0.717) is 30.2 Å². The predicted octanol–water partition coefficient (Wildman–Crippen LogP) is 1.80. The Bertz CT molecular complexity index is 985. The van der Waals surface area contributed by atoms with Gasteiger partial charge in [-0.15, -0.1) is 5.10 Å². The van der Waals surface area contributed by atoms with Crippen molar-refractivity contribution in [1.29, 1.82) is 0 Å². The lowest BCUT2D eigenvalue weighted by atomic mass is 9.95. The zero-order chi connectivity index (χ0) is 18.8. The van der Waals surface area contributed by atoms with Crippen molar-refractivity contribution in [1.82, 2.24) is 29.3 Å². The average Bonchev–Trinajstić information content (AvgIpc) is 3.28.